The standard InChI is InChI=1S/C29H22FN7/c1-16(17-5-6-17)34-21-10-19(13-31-14-21)25-12-24-27(15-33-25)36-37-28(24)26-11-23-22(7-8-32-29(23)35-26)18-3-2-4-20(30)9-18/h2-4,7-15,17,34H,1,5-6H2,(H,32,35)(H,36,37). The average molecular weight is 488 g/mol. The van der Waals surface area contributed by atoms with Crippen molar-refractivity contribution in [1.82, 2.24) is 30.1 Å². The van der Waals surface area contributed by atoms with Gasteiger partial charge in [-0.2, -0.15) is 5.10 Å². The summed E-state index contributed by atoms with van der Waals surface area (Å²) in [6.07, 6.45) is 9.48. The predicted octanol–water partition coefficient (Wildman–Crippen LogP) is 6.70. The number of aromatic amines is 2. The molecule has 3 N–H and O–H groups in total. The molecule has 1 saturated carbocycles. The fourth-order valence-electron chi connectivity index (χ4n) is 4.71. The molecule has 0 unspecified atom stereocenters. The van der Waals surface area contributed by atoms with Crippen LogP contribution in [0.25, 0.3) is 55.7 Å². The highest BCUT2D eigenvalue weighted by Gasteiger charge is 2.24. The van der Waals surface area contributed by atoms with Gasteiger partial charge in [-0.1, -0.05) is 18.7 Å². The Bertz CT molecular complexity index is 1810. The molecule has 7 rings (SSSR count). The number of rotatable bonds is 6. The number of anilines is 1. The zero-order valence-electron chi connectivity index (χ0n) is 19.8. The summed E-state index contributed by atoms with van der Waals surface area (Å²) in [7, 11) is 0. The van der Waals surface area contributed by atoms with E-state index in [-0.39, 0.29) is 5.82 Å². The van der Waals surface area contributed by atoms with Crippen LogP contribution in [0, 0.1) is 11.7 Å². The lowest BCUT2D eigenvalue weighted by Gasteiger charge is -2.09. The number of fused-ring (bicyclic) bond motifs is 2. The van der Waals surface area contributed by atoms with E-state index >= 15 is 0 Å². The van der Waals surface area contributed by atoms with Crippen LogP contribution in [0.4, 0.5) is 10.1 Å². The first kappa shape index (κ1) is 21.4. The third-order valence-electron chi connectivity index (χ3n) is 6.78. The van der Waals surface area contributed by atoms with E-state index in [2.05, 4.69) is 42.0 Å². The van der Waals surface area contributed by atoms with Crippen molar-refractivity contribution < 1.29 is 4.39 Å². The highest BCUT2D eigenvalue weighted by atomic mass is 19.1. The van der Waals surface area contributed by atoms with Crippen molar-refractivity contribution in [2.45, 2.75) is 12.8 Å². The molecule has 0 radical (unpaired) electrons. The van der Waals surface area contributed by atoms with Crippen LogP contribution in [-0.2, 0) is 0 Å². The fourth-order valence-corrected chi connectivity index (χ4v) is 4.71. The Morgan fingerprint density at radius 1 is 0.973 bits per heavy atom. The van der Waals surface area contributed by atoms with E-state index in [9.17, 15) is 4.39 Å². The Hall–Kier alpha value is -4.85. The molecule has 8 heteroatoms. The summed E-state index contributed by atoms with van der Waals surface area (Å²) in [5.41, 5.74) is 8.41. The summed E-state index contributed by atoms with van der Waals surface area (Å²) in [5.74, 6) is 0.279. The number of H-pyrrole nitrogens is 2. The van der Waals surface area contributed by atoms with Crippen LogP contribution in [0.5, 0.6) is 0 Å². The molecule has 0 aliphatic heterocycles. The summed E-state index contributed by atoms with van der Waals surface area (Å²) in [6, 6.07) is 14.5. The van der Waals surface area contributed by atoms with E-state index in [0.717, 1.165) is 61.4 Å². The normalized spacial score (nSPS) is 13.3. The van der Waals surface area contributed by atoms with Crippen LogP contribution in [0.1, 0.15) is 12.8 Å². The number of allylic oxidation sites excluding steroid dienone is 1. The molecule has 5 aromatic heterocycles. The minimum absolute atomic E-state index is 0.276. The number of pyridine rings is 3. The monoisotopic (exact) mass is 487 g/mol. The van der Waals surface area contributed by atoms with Crippen LogP contribution in [0.3, 0.4) is 0 Å². The maximum absolute atomic E-state index is 13.9. The van der Waals surface area contributed by atoms with Crippen molar-refractivity contribution in [3.63, 3.8) is 0 Å². The van der Waals surface area contributed by atoms with Crippen molar-refractivity contribution >= 4 is 27.6 Å². The molecule has 1 fully saturated rings. The van der Waals surface area contributed by atoms with Crippen molar-refractivity contribution in [3.8, 4) is 33.8 Å². The molecule has 180 valence electrons. The van der Waals surface area contributed by atoms with E-state index in [1.54, 1.807) is 30.9 Å². The molecule has 0 atom stereocenters. The number of aromatic nitrogens is 6. The summed E-state index contributed by atoms with van der Waals surface area (Å²) < 4.78 is 13.9. The van der Waals surface area contributed by atoms with Crippen LogP contribution >= 0.6 is 0 Å². The molecule has 37 heavy (non-hydrogen) atoms. The summed E-state index contributed by atoms with van der Waals surface area (Å²) in [5, 5.41) is 12.8. The second kappa shape index (κ2) is 8.37. The molecule has 7 nitrogen and oxygen atoms in total. The number of hydrogen-bond donors (Lipinski definition) is 3. The van der Waals surface area contributed by atoms with Gasteiger partial charge in [0.15, 0.2) is 0 Å². The lowest BCUT2D eigenvalue weighted by atomic mass is 10.0. The molecule has 1 aliphatic carbocycles. The molecule has 0 bridgehead atoms. The van der Waals surface area contributed by atoms with Crippen LogP contribution < -0.4 is 5.32 Å². The van der Waals surface area contributed by atoms with Crippen LogP contribution in [0.2, 0.25) is 0 Å². The van der Waals surface area contributed by atoms with Crippen LogP contribution in [-0.4, -0.2) is 30.1 Å². The van der Waals surface area contributed by atoms with Gasteiger partial charge in [0.2, 0.25) is 0 Å². The quantitative estimate of drug-likeness (QED) is 0.243. The lowest BCUT2D eigenvalue weighted by molar-refractivity contribution is 0.628. The maximum Gasteiger partial charge on any atom is 0.138 e. The highest BCUT2D eigenvalue weighted by molar-refractivity contribution is 6.00. The first-order valence-electron chi connectivity index (χ1n) is 12.1. The van der Waals surface area contributed by atoms with Gasteiger partial charge in [-0.15, -0.1) is 0 Å². The number of hydrogen-bond acceptors (Lipinski definition) is 5. The lowest BCUT2D eigenvalue weighted by Crippen LogP contribution is -2.00. The van der Waals surface area contributed by atoms with Gasteiger partial charge in [-0.25, -0.2) is 9.37 Å². The SMILES string of the molecule is C=C(Nc1cncc(-c2cc3c(-c4cc5c(-c6cccc(F)c6)ccnc5[nH]4)n[nH]c3cn2)c1)C1CC1. The first-order valence-corrected chi connectivity index (χ1v) is 12.1. The van der Waals surface area contributed by atoms with Gasteiger partial charge in [0, 0.05) is 34.4 Å². The number of nitrogens with zero attached hydrogens (tertiary/aromatic N) is 4. The summed E-state index contributed by atoms with van der Waals surface area (Å²) in [6.45, 7) is 4.15. The first-order chi connectivity index (χ1) is 18.1. The molecule has 1 aromatic carbocycles. The largest absolute Gasteiger partial charge is 0.358 e. The maximum atomic E-state index is 13.9. The van der Waals surface area contributed by atoms with Crippen molar-refractivity contribution in [3.05, 3.63) is 91.4 Å². The number of halogens is 1. The topological polar surface area (TPSA) is 95.2 Å². The van der Waals surface area contributed by atoms with E-state index in [0.29, 0.717) is 11.6 Å². The second-order valence-corrected chi connectivity index (χ2v) is 9.39. The minimum Gasteiger partial charge on any atom is -0.358 e. The van der Waals surface area contributed by atoms with E-state index in [1.165, 1.54) is 25.0 Å². The molecule has 0 spiro atoms. The zero-order chi connectivity index (χ0) is 24.9. The number of nitrogens with one attached hydrogen (secondary N) is 3. The van der Waals surface area contributed by atoms with Crippen molar-refractivity contribution in [1.29, 1.82) is 0 Å². The highest BCUT2D eigenvalue weighted by Crippen LogP contribution is 2.37. The van der Waals surface area contributed by atoms with Gasteiger partial charge in [-0.3, -0.25) is 15.1 Å². The molecular weight excluding hydrogens is 465 g/mol. The van der Waals surface area contributed by atoms with Crippen LogP contribution in [0.15, 0.2) is 85.6 Å². The molecule has 5 heterocycles. The predicted molar refractivity (Wildman–Crippen MR) is 143 cm³/mol. The molecule has 0 amide bonds. The van der Waals surface area contributed by atoms with Gasteiger partial charge in [-0.05, 0) is 66.3 Å². The third-order valence-corrected chi connectivity index (χ3v) is 6.78. The second-order valence-electron chi connectivity index (χ2n) is 9.39. The molecule has 1 aliphatic rings. The van der Waals surface area contributed by atoms with E-state index in [1.807, 2.05) is 30.3 Å². The molecule has 6 aromatic rings. The number of benzene rings is 1. The third kappa shape index (κ3) is 3.92. The van der Waals surface area contributed by atoms with E-state index in [4.69, 9.17) is 0 Å². The Morgan fingerprint density at radius 3 is 2.76 bits per heavy atom. The Labute approximate surface area is 211 Å². The van der Waals surface area contributed by atoms with Crippen molar-refractivity contribution in [2.75, 3.05) is 5.32 Å². The summed E-state index contributed by atoms with van der Waals surface area (Å²) in [4.78, 5) is 16.9. The smallest absolute Gasteiger partial charge is 0.138 e. The van der Waals surface area contributed by atoms with Crippen molar-refractivity contribution in [2.24, 2.45) is 5.92 Å². The average Bonchev–Trinajstić information content (AvgIpc) is 3.55. The molecule has 0 saturated heterocycles. The fraction of sp³-hybridized carbons (Fsp3) is 0.103. The summed E-state index contributed by atoms with van der Waals surface area (Å²) >= 11 is 0. The Kier molecular flexibility index (Phi) is 4.85. The Balaban J connectivity index is 1.28. The van der Waals surface area contributed by atoms with Gasteiger partial charge in [0.05, 0.1) is 35.0 Å². The van der Waals surface area contributed by atoms with E-state index < -0.39 is 0 Å². The Morgan fingerprint density at radius 2 is 1.89 bits per heavy atom. The van der Waals surface area contributed by atoms with Gasteiger partial charge in [0.25, 0.3) is 0 Å². The minimum atomic E-state index is -0.276. The molecular formula is C29H22FN7. The van der Waals surface area contributed by atoms with Gasteiger partial charge in [0.1, 0.15) is 17.2 Å². The van der Waals surface area contributed by atoms with Gasteiger partial charge >= 0.3 is 0 Å². The van der Waals surface area contributed by atoms with Gasteiger partial charge < -0.3 is 10.3 Å². The zero-order valence-corrected chi connectivity index (χ0v) is 19.8.